The van der Waals surface area contributed by atoms with E-state index in [4.69, 9.17) is 9.97 Å². The fraction of sp³-hybridized carbons (Fsp3) is 0.435. The Morgan fingerprint density at radius 1 is 1.07 bits per heavy atom. The van der Waals surface area contributed by atoms with E-state index in [-0.39, 0.29) is 5.91 Å². The van der Waals surface area contributed by atoms with Crippen LogP contribution >= 0.6 is 11.3 Å². The van der Waals surface area contributed by atoms with Crippen LogP contribution in [0.15, 0.2) is 24.3 Å². The highest BCUT2D eigenvalue weighted by atomic mass is 32.1. The van der Waals surface area contributed by atoms with Crippen LogP contribution in [0.3, 0.4) is 0 Å². The Balaban J connectivity index is 1.50. The van der Waals surface area contributed by atoms with Gasteiger partial charge in [0.05, 0.1) is 10.6 Å². The Morgan fingerprint density at radius 3 is 2.43 bits per heavy atom. The standard InChI is InChI=1S/C23H25N3OS/c1-13-4-6-16(7-5-13)12-26(18-10-11-18)23(27)20-14(2)19-15(3)24-21(17-8-9-17)25-22(19)28-20/h4-7,17-18H,8-12H2,1-3H3. The zero-order valence-corrected chi connectivity index (χ0v) is 17.5. The topological polar surface area (TPSA) is 46.1 Å². The van der Waals surface area contributed by atoms with Crippen molar-refractivity contribution in [3.05, 3.63) is 57.4 Å². The summed E-state index contributed by atoms with van der Waals surface area (Å²) in [6, 6.07) is 8.87. The molecule has 0 aliphatic heterocycles. The number of benzene rings is 1. The highest BCUT2D eigenvalue weighted by Gasteiger charge is 2.35. The van der Waals surface area contributed by atoms with E-state index in [1.807, 2.05) is 0 Å². The number of thiophene rings is 1. The molecular weight excluding hydrogens is 366 g/mol. The van der Waals surface area contributed by atoms with E-state index in [1.165, 1.54) is 24.0 Å². The third-order valence-electron chi connectivity index (χ3n) is 5.85. The van der Waals surface area contributed by atoms with Gasteiger partial charge in [0.15, 0.2) is 0 Å². The minimum atomic E-state index is 0.149. The van der Waals surface area contributed by atoms with Gasteiger partial charge in [-0.3, -0.25) is 4.79 Å². The molecule has 2 aliphatic rings. The number of rotatable bonds is 5. The Labute approximate surface area is 169 Å². The first-order chi connectivity index (χ1) is 13.5. The first-order valence-corrected chi connectivity index (χ1v) is 11.0. The van der Waals surface area contributed by atoms with Gasteiger partial charge in [-0.1, -0.05) is 29.8 Å². The molecule has 2 aliphatic carbocycles. The molecule has 0 N–H and O–H groups in total. The molecule has 2 fully saturated rings. The highest BCUT2D eigenvalue weighted by Crippen LogP contribution is 2.41. The molecule has 0 spiro atoms. The van der Waals surface area contributed by atoms with Crippen LogP contribution in [0.1, 0.15) is 69.5 Å². The van der Waals surface area contributed by atoms with Gasteiger partial charge >= 0.3 is 0 Å². The smallest absolute Gasteiger partial charge is 0.264 e. The number of fused-ring (bicyclic) bond motifs is 1. The number of amides is 1. The zero-order valence-electron chi connectivity index (χ0n) is 16.7. The average Bonchev–Trinajstić information content (AvgIpc) is 3.58. The lowest BCUT2D eigenvalue weighted by Gasteiger charge is -2.22. The maximum atomic E-state index is 13.5. The van der Waals surface area contributed by atoms with Crippen molar-refractivity contribution in [1.29, 1.82) is 0 Å². The molecule has 144 valence electrons. The average molecular weight is 392 g/mol. The van der Waals surface area contributed by atoms with Crippen LogP contribution in [0.4, 0.5) is 0 Å². The number of hydrogen-bond donors (Lipinski definition) is 0. The molecule has 0 unspecified atom stereocenters. The SMILES string of the molecule is Cc1ccc(CN(C(=O)c2sc3nc(C4CC4)nc(C)c3c2C)C2CC2)cc1. The molecule has 0 atom stereocenters. The van der Waals surface area contributed by atoms with Gasteiger partial charge in [-0.25, -0.2) is 9.97 Å². The fourth-order valence-corrected chi connectivity index (χ4v) is 5.06. The summed E-state index contributed by atoms with van der Waals surface area (Å²) in [5, 5.41) is 1.07. The molecule has 0 radical (unpaired) electrons. The Hall–Kier alpha value is -2.27. The predicted octanol–water partition coefficient (Wildman–Crippen LogP) is 5.30. The van der Waals surface area contributed by atoms with Crippen LogP contribution in [-0.2, 0) is 6.54 Å². The van der Waals surface area contributed by atoms with Crippen LogP contribution in [-0.4, -0.2) is 26.8 Å². The van der Waals surface area contributed by atoms with E-state index in [9.17, 15) is 4.79 Å². The number of hydrogen-bond acceptors (Lipinski definition) is 4. The molecule has 0 saturated heterocycles. The van der Waals surface area contributed by atoms with Crippen molar-refractivity contribution in [2.24, 2.45) is 0 Å². The molecule has 0 bridgehead atoms. The zero-order chi connectivity index (χ0) is 19.4. The molecule has 1 amide bonds. The summed E-state index contributed by atoms with van der Waals surface area (Å²) in [4.78, 5) is 26.9. The predicted molar refractivity (Wildman–Crippen MR) is 113 cm³/mol. The molecule has 4 nitrogen and oxygen atoms in total. The summed E-state index contributed by atoms with van der Waals surface area (Å²) in [6.07, 6.45) is 4.58. The third-order valence-corrected chi connectivity index (χ3v) is 7.02. The molecule has 28 heavy (non-hydrogen) atoms. The molecule has 5 heteroatoms. The summed E-state index contributed by atoms with van der Waals surface area (Å²) in [5.74, 6) is 1.63. The summed E-state index contributed by atoms with van der Waals surface area (Å²) in [6.45, 7) is 6.87. The lowest BCUT2D eigenvalue weighted by atomic mass is 10.1. The molecule has 5 rings (SSSR count). The second-order valence-electron chi connectivity index (χ2n) is 8.33. The van der Waals surface area contributed by atoms with E-state index in [1.54, 1.807) is 11.3 Å². The van der Waals surface area contributed by atoms with E-state index in [2.05, 4.69) is 49.9 Å². The lowest BCUT2D eigenvalue weighted by Crippen LogP contribution is -2.32. The number of carbonyl (C=O) groups is 1. The normalized spacial score (nSPS) is 16.5. The lowest BCUT2D eigenvalue weighted by molar-refractivity contribution is 0.0734. The second-order valence-corrected chi connectivity index (χ2v) is 9.33. The van der Waals surface area contributed by atoms with Gasteiger partial charge in [0.2, 0.25) is 0 Å². The maximum absolute atomic E-state index is 13.5. The second kappa shape index (κ2) is 6.66. The van der Waals surface area contributed by atoms with Gasteiger partial charge in [-0.15, -0.1) is 11.3 Å². The summed E-state index contributed by atoms with van der Waals surface area (Å²) < 4.78 is 0. The van der Waals surface area contributed by atoms with Crippen molar-refractivity contribution in [3.8, 4) is 0 Å². The molecule has 2 heterocycles. The van der Waals surface area contributed by atoms with Gasteiger partial charge in [-0.2, -0.15) is 0 Å². The molecule has 2 aromatic heterocycles. The van der Waals surface area contributed by atoms with Crippen LogP contribution in [0, 0.1) is 20.8 Å². The maximum Gasteiger partial charge on any atom is 0.264 e. The van der Waals surface area contributed by atoms with E-state index >= 15 is 0 Å². The van der Waals surface area contributed by atoms with E-state index in [0.29, 0.717) is 18.5 Å². The molecule has 2 saturated carbocycles. The Morgan fingerprint density at radius 2 is 1.79 bits per heavy atom. The van der Waals surface area contributed by atoms with Crippen molar-refractivity contribution in [2.75, 3.05) is 0 Å². The van der Waals surface area contributed by atoms with Gasteiger partial charge in [0.25, 0.3) is 5.91 Å². The number of aryl methyl sites for hydroxylation is 3. The van der Waals surface area contributed by atoms with Crippen LogP contribution < -0.4 is 0 Å². The van der Waals surface area contributed by atoms with Gasteiger partial charge in [0.1, 0.15) is 10.7 Å². The first-order valence-electron chi connectivity index (χ1n) is 10.2. The van der Waals surface area contributed by atoms with E-state index < -0.39 is 0 Å². The third kappa shape index (κ3) is 3.22. The number of nitrogens with zero attached hydrogens (tertiary/aromatic N) is 3. The van der Waals surface area contributed by atoms with Crippen molar-refractivity contribution < 1.29 is 4.79 Å². The number of carbonyl (C=O) groups excluding carboxylic acids is 1. The molecule has 3 aromatic rings. The quantitative estimate of drug-likeness (QED) is 0.593. The minimum Gasteiger partial charge on any atom is -0.331 e. The minimum absolute atomic E-state index is 0.149. The van der Waals surface area contributed by atoms with Crippen molar-refractivity contribution in [2.45, 2.75) is 65.0 Å². The highest BCUT2D eigenvalue weighted by molar-refractivity contribution is 7.20. The first kappa shape index (κ1) is 17.8. The van der Waals surface area contributed by atoms with Crippen LogP contribution in [0.2, 0.25) is 0 Å². The Kier molecular flexibility index (Phi) is 4.23. The van der Waals surface area contributed by atoms with E-state index in [0.717, 1.165) is 45.0 Å². The number of aromatic nitrogens is 2. The van der Waals surface area contributed by atoms with Crippen LogP contribution in [0.25, 0.3) is 10.2 Å². The van der Waals surface area contributed by atoms with Crippen molar-refractivity contribution >= 4 is 27.5 Å². The summed E-state index contributed by atoms with van der Waals surface area (Å²) in [5.41, 5.74) is 4.49. The fourth-order valence-electron chi connectivity index (χ4n) is 3.86. The largest absolute Gasteiger partial charge is 0.331 e. The van der Waals surface area contributed by atoms with Gasteiger partial charge in [-0.05, 0) is 57.6 Å². The van der Waals surface area contributed by atoms with Gasteiger partial charge < -0.3 is 4.90 Å². The van der Waals surface area contributed by atoms with Crippen molar-refractivity contribution in [1.82, 2.24) is 14.9 Å². The Bertz CT molecular complexity index is 1060. The summed E-state index contributed by atoms with van der Waals surface area (Å²) in [7, 11) is 0. The summed E-state index contributed by atoms with van der Waals surface area (Å²) >= 11 is 1.55. The van der Waals surface area contributed by atoms with Gasteiger partial charge in [0, 0.05) is 23.9 Å². The van der Waals surface area contributed by atoms with Crippen molar-refractivity contribution in [3.63, 3.8) is 0 Å². The van der Waals surface area contributed by atoms with Crippen LogP contribution in [0.5, 0.6) is 0 Å². The molecular formula is C23H25N3OS. The molecule has 1 aromatic carbocycles. The monoisotopic (exact) mass is 391 g/mol.